The summed E-state index contributed by atoms with van der Waals surface area (Å²) in [5, 5.41) is 20.0. The molecular formula is C62H103ClF2N4O9. The first kappa shape index (κ1) is 61.6. The summed E-state index contributed by atoms with van der Waals surface area (Å²) in [6.07, 6.45) is 21.1. The quantitative estimate of drug-likeness (QED) is 0.170. The van der Waals surface area contributed by atoms with Crippen LogP contribution in [0.4, 0.5) is 23.2 Å². The van der Waals surface area contributed by atoms with Crippen molar-refractivity contribution >= 4 is 36.5 Å². The highest BCUT2D eigenvalue weighted by atomic mass is 35.5. The number of hydrogen-bond donors (Lipinski definition) is 5. The Balaban J connectivity index is 0.000000134. The van der Waals surface area contributed by atoms with Crippen LogP contribution in [0, 0.1) is 71.0 Å². The second-order valence-corrected chi connectivity index (χ2v) is 31.7. The van der Waals surface area contributed by atoms with E-state index in [1.807, 2.05) is 76.2 Å². The molecule has 78 heavy (non-hydrogen) atoms. The van der Waals surface area contributed by atoms with Gasteiger partial charge in [-0.3, -0.25) is 4.79 Å². The van der Waals surface area contributed by atoms with Crippen molar-refractivity contribution in [1.29, 1.82) is 0 Å². The number of rotatable bonds is 3. The molecular weight excluding hydrogens is 1020 g/mol. The average molecular weight is 1120 g/mol. The molecule has 1 heterocycles. The molecule has 17 fully saturated rings. The number of alkyl carbamates (subject to hydrolysis) is 3. The fraction of sp³-hybridized carbons (Fsp3) is 0.935. The Bertz CT molecular complexity index is 2040. The standard InChI is InChI=1S/C16H26FNO2.C16H27NO3.C15H23NO3.C11H18FN.C4H8O.ClH/c1-14(2,3)20-13(19)18-16-7-10-5-11(8-16)15(4,17)12(6-10)9-16;1-14(2,3)20-13(18)17-16-7-10-5-11(8-16)15(4,19)12(6-10)9-16;1-14(2,3)19-13(18)16-15-6-9-4-10(7-15)12(17)11(5-9)8-15;1-10(12)8-2-7-3-9(10)6-11(13,4-7)5-8;1-2-4-5-3-1;/h10-12H,5-9H2,1-4H3,(H,18,19);10-12,19H,5-9H2,1-4H3,(H,17,18);9-11H,4-8H2,1-3H3,(H,16,18);7-9H,2-6,13H2,1H3;1-4H2;1H. The molecule has 3 amide bonds. The van der Waals surface area contributed by atoms with Crippen LogP contribution in [0.5, 0.6) is 0 Å². The second kappa shape index (κ2) is 21.6. The number of nitrogens with two attached hydrogens (primary N) is 1. The molecule has 446 valence electrons. The molecule has 16 heteroatoms. The summed E-state index contributed by atoms with van der Waals surface area (Å²) >= 11 is 0. The minimum absolute atomic E-state index is 0. The summed E-state index contributed by atoms with van der Waals surface area (Å²) in [5.74, 6) is 4.78. The Kier molecular flexibility index (Phi) is 17.1. The van der Waals surface area contributed by atoms with Crippen molar-refractivity contribution in [2.45, 2.75) is 280 Å². The number of Topliss-reactive ketones (excluding diaryl/α,β-unsaturated/α-hetero) is 1. The minimum Gasteiger partial charge on any atom is -0.444 e. The zero-order chi connectivity index (χ0) is 56.2. The number of halogens is 3. The molecule has 17 rings (SSSR count). The molecule has 1 aliphatic heterocycles. The van der Waals surface area contributed by atoms with Crippen LogP contribution < -0.4 is 21.7 Å². The highest BCUT2D eigenvalue weighted by molar-refractivity contribution is 5.86. The van der Waals surface area contributed by atoms with Crippen molar-refractivity contribution in [3.8, 4) is 0 Å². The van der Waals surface area contributed by atoms with Gasteiger partial charge < -0.3 is 45.7 Å². The molecule has 8 atom stereocenters. The largest absolute Gasteiger partial charge is 0.444 e. The van der Waals surface area contributed by atoms with Crippen molar-refractivity contribution in [3.63, 3.8) is 0 Å². The van der Waals surface area contributed by atoms with E-state index in [1.165, 1.54) is 12.8 Å². The number of carbonyl (C=O) groups is 4. The first-order valence-corrected chi connectivity index (χ1v) is 30.5. The van der Waals surface area contributed by atoms with Crippen LogP contribution in [0.25, 0.3) is 0 Å². The van der Waals surface area contributed by atoms with E-state index < -0.39 is 33.7 Å². The van der Waals surface area contributed by atoms with Gasteiger partial charge in [0.25, 0.3) is 0 Å². The van der Waals surface area contributed by atoms with Gasteiger partial charge in [-0.2, -0.15) is 0 Å². The predicted octanol–water partition coefficient (Wildman–Crippen LogP) is 12.8. The van der Waals surface area contributed by atoms with E-state index in [4.69, 9.17) is 24.7 Å². The van der Waals surface area contributed by atoms with Crippen LogP contribution >= 0.6 is 12.4 Å². The highest BCUT2D eigenvalue weighted by Crippen LogP contribution is 2.63. The van der Waals surface area contributed by atoms with Gasteiger partial charge in [-0.15, -0.1) is 12.4 Å². The van der Waals surface area contributed by atoms with Crippen LogP contribution in [0.1, 0.15) is 224 Å². The van der Waals surface area contributed by atoms with Gasteiger partial charge in [0.1, 0.15) is 33.9 Å². The monoisotopic (exact) mass is 1120 g/mol. The summed E-state index contributed by atoms with van der Waals surface area (Å²) in [6, 6.07) is 0. The van der Waals surface area contributed by atoms with Gasteiger partial charge in [0.2, 0.25) is 0 Å². The zero-order valence-electron chi connectivity index (χ0n) is 49.9. The maximum absolute atomic E-state index is 14.8. The van der Waals surface area contributed by atoms with Gasteiger partial charge in [-0.25, -0.2) is 23.2 Å². The van der Waals surface area contributed by atoms with Crippen molar-refractivity contribution < 1.29 is 52.0 Å². The van der Waals surface area contributed by atoms with Crippen LogP contribution in [0.2, 0.25) is 0 Å². The Morgan fingerprint density at radius 3 is 1.12 bits per heavy atom. The zero-order valence-corrected chi connectivity index (χ0v) is 50.7. The van der Waals surface area contributed by atoms with E-state index >= 15 is 0 Å². The molecule has 8 unspecified atom stereocenters. The number of carbonyl (C=O) groups excluding carboxylic acids is 4. The number of alkyl halides is 2. The number of aliphatic hydroxyl groups is 1. The Morgan fingerprint density at radius 2 is 0.795 bits per heavy atom. The molecule has 16 aliphatic carbocycles. The van der Waals surface area contributed by atoms with Crippen molar-refractivity contribution in [2.75, 3.05) is 13.2 Å². The molecule has 0 spiro atoms. The fourth-order valence-electron chi connectivity index (χ4n) is 18.9. The summed E-state index contributed by atoms with van der Waals surface area (Å²) in [6.45, 7) is 24.4. The summed E-state index contributed by atoms with van der Waals surface area (Å²) < 4.78 is 50.2. The number of hydrogen-bond acceptors (Lipinski definition) is 10. The summed E-state index contributed by atoms with van der Waals surface area (Å²) in [7, 11) is 0. The van der Waals surface area contributed by atoms with Crippen molar-refractivity contribution in [3.05, 3.63) is 0 Å². The average Bonchev–Trinajstić information content (AvgIpc) is 3.99. The first-order valence-electron chi connectivity index (χ1n) is 30.5. The van der Waals surface area contributed by atoms with E-state index in [-0.39, 0.29) is 88.3 Å². The number of ether oxygens (including phenoxy) is 4. The third-order valence-corrected chi connectivity index (χ3v) is 21.6. The topological polar surface area (TPSA) is 188 Å². The second-order valence-electron chi connectivity index (χ2n) is 31.7. The molecule has 0 aromatic rings. The molecule has 1 saturated heterocycles. The lowest BCUT2D eigenvalue weighted by atomic mass is 9.47. The van der Waals surface area contributed by atoms with Crippen LogP contribution in [-0.2, 0) is 23.7 Å². The molecule has 6 N–H and O–H groups in total. The van der Waals surface area contributed by atoms with Gasteiger partial charge in [0.15, 0.2) is 0 Å². The van der Waals surface area contributed by atoms with E-state index in [0.717, 1.165) is 148 Å². The normalized spacial score (nSPS) is 45.9. The lowest BCUT2D eigenvalue weighted by molar-refractivity contribution is -0.173. The molecule has 13 nitrogen and oxygen atoms in total. The maximum atomic E-state index is 14.8. The molecule has 16 bridgehead atoms. The third-order valence-electron chi connectivity index (χ3n) is 21.6. The van der Waals surface area contributed by atoms with E-state index in [9.17, 15) is 33.1 Å². The Hall–Kier alpha value is -2.49. The molecule has 0 aromatic heterocycles. The predicted molar refractivity (Wildman–Crippen MR) is 299 cm³/mol. The SMILES string of the molecule is C1CCOC1.CC(C)(C)OC(=O)NC12CC3CC(C1)C(=O)C(C3)C2.CC(C)(C)OC(=O)NC12CC3CC(C1)C(C)(F)C(C3)C2.CC(C)(C)OC(=O)NC12CC3CC(C1)C(C)(O)C(C3)C2.CC1(F)C2CC3CC1CC(N)(C3)C2.Cl. The lowest BCUT2D eigenvalue weighted by Crippen LogP contribution is -2.67. The Labute approximate surface area is 472 Å². The van der Waals surface area contributed by atoms with Crippen LogP contribution in [0.3, 0.4) is 0 Å². The number of nitrogens with one attached hydrogen (secondary N) is 3. The molecule has 0 aromatic carbocycles. The van der Waals surface area contributed by atoms with Gasteiger partial charge in [0.05, 0.1) is 5.60 Å². The lowest BCUT2D eigenvalue weighted by Gasteiger charge is -2.62. The van der Waals surface area contributed by atoms with Crippen LogP contribution in [-0.4, -0.2) is 98.3 Å². The van der Waals surface area contributed by atoms with Gasteiger partial charge in [0, 0.05) is 47.2 Å². The van der Waals surface area contributed by atoms with Crippen molar-refractivity contribution in [1.82, 2.24) is 16.0 Å². The van der Waals surface area contributed by atoms with Crippen LogP contribution in [0.15, 0.2) is 0 Å². The maximum Gasteiger partial charge on any atom is 0.408 e. The van der Waals surface area contributed by atoms with Crippen molar-refractivity contribution in [2.24, 2.45) is 76.7 Å². The molecule has 0 radical (unpaired) electrons. The van der Waals surface area contributed by atoms with Gasteiger partial charge in [-0.1, -0.05) is 0 Å². The third kappa shape index (κ3) is 13.6. The Morgan fingerprint density at radius 1 is 0.500 bits per heavy atom. The number of ketones is 1. The van der Waals surface area contributed by atoms with E-state index in [2.05, 4.69) is 16.0 Å². The smallest absolute Gasteiger partial charge is 0.408 e. The fourth-order valence-corrected chi connectivity index (χ4v) is 18.9. The minimum atomic E-state index is -1.05. The van der Waals surface area contributed by atoms with Gasteiger partial charge in [-0.05, 0) is 284 Å². The number of amides is 3. The van der Waals surface area contributed by atoms with Gasteiger partial charge >= 0.3 is 18.3 Å². The highest BCUT2D eigenvalue weighted by Gasteiger charge is 2.64. The van der Waals surface area contributed by atoms with E-state index in [1.54, 1.807) is 6.92 Å². The molecule has 16 saturated carbocycles. The summed E-state index contributed by atoms with van der Waals surface area (Å²) in [4.78, 5) is 48.3. The molecule has 17 aliphatic rings. The summed E-state index contributed by atoms with van der Waals surface area (Å²) in [5.41, 5.74) is 1.85. The van der Waals surface area contributed by atoms with E-state index in [0.29, 0.717) is 35.4 Å². The first-order chi connectivity index (χ1) is 35.5.